The summed E-state index contributed by atoms with van der Waals surface area (Å²) in [6.07, 6.45) is 7.01. The molecule has 0 N–H and O–H groups in total. The maximum atomic E-state index is 2.35. The average Bonchev–Trinajstić information content (AvgIpc) is 2.31. The van der Waals surface area contributed by atoms with E-state index in [1.165, 1.54) is 34.4 Å². The zero-order chi connectivity index (χ0) is 13.4. The summed E-state index contributed by atoms with van der Waals surface area (Å²) < 4.78 is 0. The van der Waals surface area contributed by atoms with Crippen molar-refractivity contribution in [2.75, 3.05) is 5.75 Å². The van der Waals surface area contributed by atoms with Gasteiger partial charge in [-0.2, -0.15) is 0 Å². The number of rotatable bonds is 6. The van der Waals surface area contributed by atoms with Gasteiger partial charge in [0.1, 0.15) is 0 Å². The van der Waals surface area contributed by atoms with Crippen molar-refractivity contribution in [3.8, 4) is 0 Å². The van der Waals surface area contributed by atoms with Crippen molar-refractivity contribution in [2.24, 2.45) is 0 Å². The molecule has 1 rings (SSSR count). The molecule has 0 unspecified atom stereocenters. The quantitative estimate of drug-likeness (QED) is 0.461. The molecule has 0 spiro atoms. The lowest BCUT2D eigenvalue weighted by atomic mass is 10.1. The van der Waals surface area contributed by atoms with Crippen LogP contribution in [-0.2, 0) is 0 Å². The molecule has 0 amide bonds. The van der Waals surface area contributed by atoms with Gasteiger partial charge in [0.15, 0.2) is 0 Å². The van der Waals surface area contributed by atoms with Crippen molar-refractivity contribution in [3.05, 3.63) is 53.1 Å². The van der Waals surface area contributed by atoms with E-state index in [9.17, 15) is 0 Å². The van der Waals surface area contributed by atoms with Gasteiger partial charge in [-0.15, -0.1) is 11.8 Å². The molecule has 1 aromatic carbocycles. The maximum absolute atomic E-state index is 2.35. The first-order valence-corrected chi connectivity index (χ1v) is 7.55. The van der Waals surface area contributed by atoms with E-state index >= 15 is 0 Å². The molecule has 98 valence electrons. The summed E-state index contributed by atoms with van der Waals surface area (Å²) in [6, 6.07) is 8.75. The van der Waals surface area contributed by atoms with Crippen LogP contribution in [0.25, 0.3) is 0 Å². The molecule has 0 fully saturated rings. The average molecular weight is 260 g/mol. The third-order valence-electron chi connectivity index (χ3n) is 2.79. The summed E-state index contributed by atoms with van der Waals surface area (Å²) in [4.78, 5) is 1.36. The summed E-state index contributed by atoms with van der Waals surface area (Å²) in [5.74, 6) is 1.07. The van der Waals surface area contributed by atoms with Crippen LogP contribution in [0, 0.1) is 6.92 Å². The van der Waals surface area contributed by atoms with Gasteiger partial charge in [-0.1, -0.05) is 41.0 Å². The minimum absolute atomic E-state index is 1.07. The summed E-state index contributed by atoms with van der Waals surface area (Å²) in [5.41, 5.74) is 4.23. The third kappa shape index (κ3) is 6.70. The number of hydrogen-bond acceptors (Lipinski definition) is 1. The summed E-state index contributed by atoms with van der Waals surface area (Å²) in [6.45, 7) is 8.68. The van der Waals surface area contributed by atoms with Crippen LogP contribution in [0.5, 0.6) is 0 Å². The van der Waals surface area contributed by atoms with Crippen molar-refractivity contribution in [1.82, 2.24) is 0 Å². The Labute approximate surface area is 116 Å². The van der Waals surface area contributed by atoms with Crippen molar-refractivity contribution in [1.29, 1.82) is 0 Å². The number of benzene rings is 1. The molecule has 0 nitrogen and oxygen atoms in total. The second-order valence-electron chi connectivity index (χ2n) is 4.99. The number of hydrogen-bond donors (Lipinski definition) is 0. The molecule has 0 atom stereocenters. The fourth-order valence-corrected chi connectivity index (χ4v) is 2.49. The zero-order valence-corrected chi connectivity index (χ0v) is 12.8. The molecule has 0 saturated heterocycles. The Morgan fingerprint density at radius 3 is 2.33 bits per heavy atom. The minimum Gasteiger partial charge on any atom is -0.122 e. The Bertz CT molecular complexity index is 406. The lowest BCUT2D eigenvalue weighted by Crippen LogP contribution is -1.81. The molecule has 0 heterocycles. The van der Waals surface area contributed by atoms with Crippen LogP contribution in [0.3, 0.4) is 0 Å². The van der Waals surface area contributed by atoms with Crippen LogP contribution < -0.4 is 0 Å². The van der Waals surface area contributed by atoms with Gasteiger partial charge in [-0.3, -0.25) is 0 Å². The standard InChI is InChI=1S/C17H24S/c1-14(2)6-5-7-15(3)12-13-18-17-10-8-16(4)9-11-17/h6,8-12H,5,7,13H2,1-4H3. The first-order chi connectivity index (χ1) is 8.58. The van der Waals surface area contributed by atoms with Gasteiger partial charge in [0.25, 0.3) is 0 Å². The van der Waals surface area contributed by atoms with E-state index in [1.54, 1.807) is 0 Å². The summed E-state index contributed by atoms with van der Waals surface area (Å²) >= 11 is 1.91. The molecule has 0 aliphatic heterocycles. The highest BCUT2D eigenvalue weighted by Gasteiger charge is 1.93. The first kappa shape index (κ1) is 15.1. The van der Waals surface area contributed by atoms with Crippen LogP contribution in [0.2, 0.25) is 0 Å². The monoisotopic (exact) mass is 260 g/mol. The van der Waals surface area contributed by atoms with Crippen molar-refractivity contribution in [2.45, 2.75) is 45.4 Å². The zero-order valence-electron chi connectivity index (χ0n) is 12.0. The molecule has 18 heavy (non-hydrogen) atoms. The van der Waals surface area contributed by atoms with Gasteiger partial charge >= 0.3 is 0 Å². The van der Waals surface area contributed by atoms with Crippen molar-refractivity contribution >= 4 is 11.8 Å². The van der Waals surface area contributed by atoms with Crippen LogP contribution in [0.4, 0.5) is 0 Å². The molecule has 1 heteroatoms. The fourth-order valence-electron chi connectivity index (χ4n) is 1.61. The number of allylic oxidation sites excluding steroid dienone is 3. The maximum Gasteiger partial charge on any atom is 0.0163 e. The van der Waals surface area contributed by atoms with Gasteiger partial charge in [0.2, 0.25) is 0 Å². The van der Waals surface area contributed by atoms with E-state index in [-0.39, 0.29) is 0 Å². The smallest absolute Gasteiger partial charge is 0.0163 e. The van der Waals surface area contributed by atoms with Gasteiger partial charge in [-0.25, -0.2) is 0 Å². The molecule has 0 aliphatic carbocycles. The van der Waals surface area contributed by atoms with E-state index in [2.05, 4.69) is 64.1 Å². The number of aryl methyl sites for hydroxylation is 1. The van der Waals surface area contributed by atoms with Crippen molar-refractivity contribution in [3.63, 3.8) is 0 Å². The Hall–Kier alpha value is -0.950. The van der Waals surface area contributed by atoms with E-state index in [0.717, 1.165) is 5.75 Å². The molecular formula is C17H24S. The Morgan fingerprint density at radius 1 is 1.06 bits per heavy atom. The van der Waals surface area contributed by atoms with Gasteiger partial charge in [0.05, 0.1) is 0 Å². The van der Waals surface area contributed by atoms with Gasteiger partial charge in [0, 0.05) is 10.6 Å². The second kappa shape index (κ2) is 8.20. The Balaban J connectivity index is 2.31. The molecule has 0 aliphatic rings. The number of thioether (sulfide) groups is 1. The predicted molar refractivity (Wildman–Crippen MR) is 84.3 cm³/mol. The van der Waals surface area contributed by atoms with Crippen LogP contribution in [0.1, 0.15) is 39.2 Å². The highest BCUT2D eigenvalue weighted by molar-refractivity contribution is 7.99. The summed E-state index contributed by atoms with van der Waals surface area (Å²) in [7, 11) is 0. The molecule has 0 bridgehead atoms. The SMILES string of the molecule is CC(C)=CCCC(C)=CCSc1ccc(C)cc1. The van der Waals surface area contributed by atoms with Crippen LogP contribution >= 0.6 is 11.8 Å². The Morgan fingerprint density at radius 2 is 1.72 bits per heavy atom. The summed E-state index contributed by atoms with van der Waals surface area (Å²) in [5, 5.41) is 0. The molecule has 1 aromatic rings. The Kier molecular flexibility index (Phi) is 6.89. The molecule has 0 radical (unpaired) electrons. The van der Waals surface area contributed by atoms with Crippen LogP contribution in [-0.4, -0.2) is 5.75 Å². The largest absolute Gasteiger partial charge is 0.122 e. The normalized spacial score (nSPS) is 11.4. The highest BCUT2D eigenvalue weighted by atomic mass is 32.2. The predicted octanol–water partition coefficient (Wildman–Crippen LogP) is 5.78. The van der Waals surface area contributed by atoms with Gasteiger partial charge < -0.3 is 0 Å². The topological polar surface area (TPSA) is 0 Å². The molecule has 0 saturated carbocycles. The molecule has 0 aromatic heterocycles. The molecular weight excluding hydrogens is 236 g/mol. The minimum atomic E-state index is 1.07. The van der Waals surface area contributed by atoms with E-state index in [4.69, 9.17) is 0 Å². The van der Waals surface area contributed by atoms with Crippen LogP contribution in [0.15, 0.2) is 52.5 Å². The lowest BCUT2D eigenvalue weighted by Gasteiger charge is -2.01. The fraction of sp³-hybridized carbons (Fsp3) is 0.412. The van der Waals surface area contributed by atoms with Gasteiger partial charge in [-0.05, 0) is 52.7 Å². The first-order valence-electron chi connectivity index (χ1n) is 6.56. The highest BCUT2D eigenvalue weighted by Crippen LogP contribution is 2.19. The second-order valence-corrected chi connectivity index (χ2v) is 6.09. The van der Waals surface area contributed by atoms with E-state index in [1.807, 2.05) is 11.8 Å². The lowest BCUT2D eigenvalue weighted by molar-refractivity contribution is 0.964. The van der Waals surface area contributed by atoms with E-state index in [0.29, 0.717) is 0 Å². The van der Waals surface area contributed by atoms with E-state index < -0.39 is 0 Å². The van der Waals surface area contributed by atoms with Crippen molar-refractivity contribution < 1.29 is 0 Å². The third-order valence-corrected chi connectivity index (χ3v) is 3.73.